The fourth-order valence-electron chi connectivity index (χ4n) is 2.70. The molecule has 0 spiro atoms. The minimum Gasteiger partial charge on any atom is -0.383 e. The molecule has 2 rings (SSSR count). The number of ether oxygens (including phenoxy) is 1. The molecule has 0 aliphatic carbocycles. The first-order valence-electron chi connectivity index (χ1n) is 7.04. The Morgan fingerprint density at radius 3 is 2.45 bits per heavy atom. The lowest BCUT2D eigenvalue weighted by atomic mass is 10.0. The summed E-state index contributed by atoms with van der Waals surface area (Å²) in [6, 6.07) is 0.0734. The Balaban J connectivity index is 0.00000180. The van der Waals surface area contributed by atoms with Crippen molar-refractivity contribution in [2.45, 2.75) is 25.3 Å². The van der Waals surface area contributed by atoms with Gasteiger partial charge in [-0.25, -0.2) is 0 Å². The average molecular weight is 328 g/mol. The number of methoxy groups -OCH3 is 1. The predicted octanol–water partition coefficient (Wildman–Crippen LogP) is 0.763. The molecule has 0 saturated carbocycles. The highest BCUT2D eigenvalue weighted by Gasteiger charge is 2.27. The Labute approximate surface area is 134 Å². The summed E-state index contributed by atoms with van der Waals surface area (Å²) in [5, 5.41) is 3.34. The Hall–Kier alpha value is -0.0700. The molecule has 2 saturated heterocycles. The molecule has 2 aliphatic heterocycles. The monoisotopic (exact) mass is 327 g/mol. The highest BCUT2D eigenvalue weighted by atomic mass is 35.5. The summed E-state index contributed by atoms with van der Waals surface area (Å²) < 4.78 is 5.08. The zero-order valence-corrected chi connectivity index (χ0v) is 13.8. The van der Waals surface area contributed by atoms with Gasteiger partial charge in [-0.3, -0.25) is 9.69 Å². The molecule has 0 bridgehead atoms. The van der Waals surface area contributed by atoms with Crippen LogP contribution in [0, 0.1) is 0 Å². The quantitative estimate of drug-likeness (QED) is 0.828. The predicted molar refractivity (Wildman–Crippen MR) is 85.0 cm³/mol. The van der Waals surface area contributed by atoms with Crippen LogP contribution in [-0.2, 0) is 9.53 Å². The van der Waals surface area contributed by atoms with Crippen molar-refractivity contribution in [2.24, 2.45) is 0 Å². The first kappa shape index (κ1) is 19.9. The average Bonchev–Trinajstić information content (AvgIpc) is 2.46. The van der Waals surface area contributed by atoms with Gasteiger partial charge in [-0.1, -0.05) is 6.42 Å². The molecule has 2 aliphatic rings. The van der Waals surface area contributed by atoms with E-state index < -0.39 is 0 Å². The maximum absolute atomic E-state index is 12.3. The Kier molecular flexibility index (Phi) is 10.6. The summed E-state index contributed by atoms with van der Waals surface area (Å²) >= 11 is 0. The van der Waals surface area contributed by atoms with Gasteiger partial charge < -0.3 is 15.0 Å². The van der Waals surface area contributed by atoms with Gasteiger partial charge in [0.15, 0.2) is 0 Å². The first-order chi connectivity index (χ1) is 8.81. The number of nitrogens with one attached hydrogen (secondary N) is 1. The third-order valence-electron chi connectivity index (χ3n) is 3.90. The van der Waals surface area contributed by atoms with Crippen molar-refractivity contribution in [1.82, 2.24) is 15.1 Å². The van der Waals surface area contributed by atoms with Crippen LogP contribution in [0.1, 0.15) is 19.3 Å². The standard InChI is InChI=1S/C13H25N3O2.2ClH/c1-18-11-10-15-6-8-16(9-7-15)13(17)12-4-2-3-5-14-12;;/h12,14H,2-11H2,1H3;2*1H/t12-;;/m1../s1. The Morgan fingerprint density at radius 2 is 1.90 bits per heavy atom. The minimum atomic E-state index is 0. The van der Waals surface area contributed by atoms with Gasteiger partial charge in [-0.2, -0.15) is 0 Å². The molecule has 120 valence electrons. The molecule has 1 atom stereocenters. The van der Waals surface area contributed by atoms with Crippen LogP contribution >= 0.6 is 24.8 Å². The number of rotatable bonds is 4. The lowest BCUT2D eigenvalue weighted by molar-refractivity contribution is -0.135. The summed E-state index contributed by atoms with van der Waals surface area (Å²) in [5.41, 5.74) is 0. The van der Waals surface area contributed by atoms with Gasteiger partial charge in [-0.05, 0) is 19.4 Å². The molecule has 5 nitrogen and oxygen atoms in total. The molecule has 7 heteroatoms. The maximum atomic E-state index is 12.3. The normalized spacial score (nSPS) is 23.6. The molecule has 20 heavy (non-hydrogen) atoms. The smallest absolute Gasteiger partial charge is 0.239 e. The molecule has 0 unspecified atom stereocenters. The van der Waals surface area contributed by atoms with E-state index in [1.807, 2.05) is 4.90 Å². The van der Waals surface area contributed by atoms with Crippen LogP contribution in [0.2, 0.25) is 0 Å². The van der Waals surface area contributed by atoms with Gasteiger partial charge in [0, 0.05) is 39.8 Å². The summed E-state index contributed by atoms with van der Waals surface area (Å²) in [7, 11) is 1.73. The van der Waals surface area contributed by atoms with E-state index in [0.29, 0.717) is 5.91 Å². The van der Waals surface area contributed by atoms with Gasteiger partial charge in [0.2, 0.25) is 5.91 Å². The first-order valence-corrected chi connectivity index (χ1v) is 7.04. The lowest BCUT2D eigenvalue weighted by Crippen LogP contribution is -2.55. The molecule has 0 aromatic heterocycles. The lowest BCUT2D eigenvalue weighted by Gasteiger charge is -2.37. The Bertz CT molecular complexity index is 268. The topological polar surface area (TPSA) is 44.8 Å². The van der Waals surface area contributed by atoms with E-state index in [4.69, 9.17) is 4.74 Å². The van der Waals surface area contributed by atoms with Gasteiger partial charge in [-0.15, -0.1) is 24.8 Å². The fourth-order valence-corrected chi connectivity index (χ4v) is 2.70. The SMILES string of the molecule is COCCN1CCN(C(=O)[C@H]2CCCCN2)CC1.Cl.Cl. The van der Waals surface area contributed by atoms with Crippen LogP contribution in [-0.4, -0.2) is 74.7 Å². The van der Waals surface area contributed by atoms with E-state index in [2.05, 4.69) is 10.2 Å². The van der Waals surface area contributed by atoms with Crippen LogP contribution in [0.3, 0.4) is 0 Å². The molecule has 1 amide bonds. The van der Waals surface area contributed by atoms with Crippen molar-refractivity contribution in [3.05, 3.63) is 0 Å². The second-order valence-corrected chi connectivity index (χ2v) is 5.16. The number of piperazine rings is 1. The molecular formula is C13H27Cl2N3O2. The minimum absolute atomic E-state index is 0. The molecule has 2 fully saturated rings. The number of halogens is 2. The number of hydrogen-bond acceptors (Lipinski definition) is 4. The largest absolute Gasteiger partial charge is 0.383 e. The van der Waals surface area contributed by atoms with Crippen molar-refractivity contribution in [3.63, 3.8) is 0 Å². The number of amides is 1. The van der Waals surface area contributed by atoms with Gasteiger partial charge in [0.1, 0.15) is 0 Å². The van der Waals surface area contributed by atoms with E-state index >= 15 is 0 Å². The van der Waals surface area contributed by atoms with Crippen LogP contribution in [0.25, 0.3) is 0 Å². The van der Waals surface area contributed by atoms with E-state index in [1.54, 1.807) is 7.11 Å². The highest BCUT2D eigenvalue weighted by Crippen LogP contribution is 2.11. The molecule has 0 aromatic carbocycles. The fraction of sp³-hybridized carbons (Fsp3) is 0.923. The number of carbonyl (C=O) groups excluding carboxylic acids is 1. The van der Waals surface area contributed by atoms with E-state index in [1.165, 1.54) is 12.8 Å². The number of piperidine rings is 1. The summed E-state index contributed by atoms with van der Waals surface area (Å²) in [6.07, 6.45) is 3.38. The van der Waals surface area contributed by atoms with Crippen LogP contribution in [0.15, 0.2) is 0 Å². The third kappa shape index (κ3) is 5.74. The molecule has 0 aromatic rings. The maximum Gasteiger partial charge on any atom is 0.239 e. The van der Waals surface area contributed by atoms with Gasteiger partial charge >= 0.3 is 0 Å². The molecule has 2 heterocycles. The Morgan fingerprint density at radius 1 is 1.20 bits per heavy atom. The summed E-state index contributed by atoms with van der Waals surface area (Å²) in [5.74, 6) is 0.307. The van der Waals surface area contributed by atoms with Crippen molar-refractivity contribution in [1.29, 1.82) is 0 Å². The highest BCUT2D eigenvalue weighted by molar-refractivity contribution is 5.85. The van der Waals surface area contributed by atoms with Crippen LogP contribution < -0.4 is 5.32 Å². The van der Waals surface area contributed by atoms with Crippen molar-refractivity contribution < 1.29 is 9.53 Å². The van der Waals surface area contributed by atoms with Crippen LogP contribution in [0.5, 0.6) is 0 Å². The second kappa shape index (κ2) is 10.6. The second-order valence-electron chi connectivity index (χ2n) is 5.16. The summed E-state index contributed by atoms with van der Waals surface area (Å²) in [6.45, 7) is 6.41. The number of carbonyl (C=O) groups is 1. The molecule has 1 N–H and O–H groups in total. The number of hydrogen-bond donors (Lipinski definition) is 1. The third-order valence-corrected chi connectivity index (χ3v) is 3.90. The van der Waals surface area contributed by atoms with E-state index in [0.717, 1.165) is 52.3 Å². The van der Waals surface area contributed by atoms with Crippen molar-refractivity contribution >= 4 is 30.7 Å². The van der Waals surface area contributed by atoms with E-state index in [9.17, 15) is 4.79 Å². The molecular weight excluding hydrogens is 301 g/mol. The zero-order valence-electron chi connectivity index (χ0n) is 12.2. The summed E-state index contributed by atoms with van der Waals surface area (Å²) in [4.78, 5) is 16.7. The van der Waals surface area contributed by atoms with Crippen molar-refractivity contribution in [3.8, 4) is 0 Å². The number of nitrogens with zero attached hydrogens (tertiary/aromatic N) is 2. The van der Waals surface area contributed by atoms with Gasteiger partial charge in [0.05, 0.1) is 12.6 Å². The van der Waals surface area contributed by atoms with Gasteiger partial charge in [0.25, 0.3) is 0 Å². The van der Waals surface area contributed by atoms with E-state index in [-0.39, 0.29) is 30.9 Å². The molecule has 0 radical (unpaired) electrons. The van der Waals surface area contributed by atoms with Crippen molar-refractivity contribution in [2.75, 3.05) is 53.0 Å². The zero-order chi connectivity index (χ0) is 12.8. The van der Waals surface area contributed by atoms with Crippen LogP contribution in [0.4, 0.5) is 0 Å².